The summed E-state index contributed by atoms with van der Waals surface area (Å²) in [5, 5.41) is 10.0. The van der Waals surface area contributed by atoms with Gasteiger partial charge >= 0.3 is 0 Å². The van der Waals surface area contributed by atoms with Gasteiger partial charge in [0.15, 0.2) is 0 Å². The fourth-order valence-corrected chi connectivity index (χ4v) is 2.27. The molecular formula is C13H14O2. The number of rotatable bonds is 3. The van der Waals surface area contributed by atoms with E-state index < -0.39 is 0 Å². The molecule has 2 heteroatoms. The van der Waals surface area contributed by atoms with Crippen LogP contribution in [0.25, 0.3) is 11.0 Å². The van der Waals surface area contributed by atoms with E-state index in [0.29, 0.717) is 18.4 Å². The van der Waals surface area contributed by atoms with Crippen molar-refractivity contribution in [1.82, 2.24) is 0 Å². The van der Waals surface area contributed by atoms with Gasteiger partial charge in [0.25, 0.3) is 0 Å². The van der Waals surface area contributed by atoms with Gasteiger partial charge in [0.1, 0.15) is 11.3 Å². The zero-order valence-electron chi connectivity index (χ0n) is 8.52. The predicted molar refractivity (Wildman–Crippen MR) is 58.8 cm³/mol. The largest absolute Gasteiger partial charge is 0.461 e. The molecule has 1 aliphatic carbocycles. The van der Waals surface area contributed by atoms with Crippen molar-refractivity contribution < 1.29 is 9.52 Å². The summed E-state index contributed by atoms with van der Waals surface area (Å²) in [6, 6.07) is 10.2. The molecule has 0 aliphatic heterocycles. The maximum absolute atomic E-state index is 8.85. The Balaban J connectivity index is 1.87. The molecule has 1 fully saturated rings. The van der Waals surface area contributed by atoms with Crippen molar-refractivity contribution in [3.05, 3.63) is 36.1 Å². The average molecular weight is 202 g/mol. The molecular weight excluding hydrogens is 188 g/mol. The van der Waals surface area contributed by atoms with Crippen molar-refractivity contribution in [2.24, 2.45) is 5.92 Å². The summed E-state index contributed by atoms with van der Waals surface area (Å²) in [6.07, 6.45) is 2.07. The van der Waals surface area contributed by atoms with Crippen LogP contribution >= 0.6 is 0 Å². The number of fused-ring (bicyclic) bond motifs is 1. The molecule has 0 spiro atoms. The van der Waals surface area contributed by atoms with Gasteiger partial charge in [-0.3, -0.25) is 0 Å². The van der Waals surface area contributed by atoms with Crippen molar-refractivity contribution in [1.29, 1.82) is 0 Å². The molecule has 1 N–H and O–H groups in total. The van der Waals surface area contributed by atoms with Crippen LogP contribution in [0.2, 0.25) is 0 Å². The van der Waals surface area contributed by atoms with Crippen LogP contribution in [0.3, 0.4) is 0 Å². The van der Waals surface area contributed by atoms with E-state index in [1.54, 1.807) is 0 Å². The Morgan fingerprint density at radius 1 is 1.33 bits per heavy atom. The Morgan fingerprint density at radius 2 is 2.20 bits per heavy atom. The second-order valence-electron chi connectivity index (χ2n) is 4.30. The van der Waals surface area contributed by atoms with E-state index in [-0.39, 0.29) is 0 Å². The van der Waals surface area contributed by atoms with Crippen LogP contribution in [-0.2, 0) is 0 Å². The molecule has 0 bridgehead atoms. The number of hydrogen-bond acceptors (Lipinski definition) is 2. The predicted octanol–water partition coefficient (Wildman–Crippen LogP) is 2.92. The monoisotopic (exact) mass is 202 g/mol. The van der Waals surface area contributed by atoms with Crippen molar-refractivity contribution >= 4 is 11.0 Å². The van der Waals surface area contributed by atoms with E-state index in [0.717, 1.165) is 17.8 Å². The van der Waals surface area contributed by atoms with Crippen LogP contribution in [0.15, 0.2) is 34.7 Å². The van der Waals surface area contributed by atoms with Gasteiger partial charge in [0, 0.05) is 17.9 Å². The van der Waals surface area contributed by atoms with Crippen molar-refractivity contribution in [3.63, 3.8) is 0 Å². The summed E-state index contributed by atoms with van der Waals surface area (Å²) >= 11 is 0. The van der Waals surface area contributed by atoms with Crippen molar-refractivity contribution in [2.75, 3.05) is 6.61 Å². The molecule has 2 atom stereocenters. The standard InChI is InChI=1S/C13H14O2/c14-6-5-9-7-11(9)13-8-10-3-1-2-4-12(10)15-13/h1-4,8-9,11,14H,5-7H2/t9-,11+/m0/s1. The molecule has 2 aromatic rings. The van der Waals surface area contributed by atoms with Gasteiger partial charge in [0.2, 0.25) is 0 Å². The van der Waals surface area contributed by atoms with E-state index >= 15 is 0 Å². The van der Waals surface area contributed by atoms with Crippen LogP contribution in [0.5, 0.6) is 0 Å². The minimum absolute atomic E-state index is 0.293. The second kappa shape index (κ2) is 3.38. The van der Waals surface area contributed by atoms with E-state index in [9.17, 15) is 0 Å². The molecule has 0 radical (unpaired) electrons. The zero-order valence-corrected chi connectivity index (χ0v) is 8.52. The summed E-state index contributed by atoms with van der Waals surface area (Å²) in [6.45, 7) is 0.293. The second-order valence-corrected chi connectivity index (χ2v) is 4.30. The van der Waals surface area contributed by atoms with Gasteiger partial charge < -0.3 is 9.52 Å². The highest BCUT2D eigenvalue weighted by molar-refractivity contribution is 5.77. The van der Waals surface area contributed by atoms with Gasteiger partial charge in [-0.2, -0.15) is 0 Å². The molecule has 15 heavy (non-hydrogen) atoms. The van der Waals surface area contributed by atoms with Gasteiger partial charge in [-0.1, -0.05) is 18.2 Å². The average Bonchev–Trinajstić information content (AvgIpc) is 2.89. The van der Waals surface area contributed by atoms with Gasteiger partial charge in [-0.05, 0) is 30.9 Å². The number of benzene rings is 1. The SMILES string of the molecule is OCC[C@H]1C[C@H]1c1cc2ccccc2o1. The summed E-state index contributed by atoms with van der Waals surface area (Å²) in [4.78, 5) is 0. The number of para-hydroxylation sites is 1. The molecule has 1 aromatic heterocycles. The summed E-state index contributed by atoms with van der Waals surface area (Å²) < 4.78 is 5.79. The van der Waals surface area contributed by atoms with E-state index in [1.807, 2.05) is 18.2 Å². The van der Waals surface area contributed by atoms with E-state index in [4.69, 9.17) is 9.52 Å². The molecule has 0 saturated heterocycles. The topological polar surface area (TPSA) is 33.4 Å². The van der Waals surface area contributed by atoms with Crippen LogP contribution < -0.4 is 0 Å². The van der Waals surface area contributed by atoms with Crippen LogP contribution in [0.4, 0.5) is 0 Å². The third-order valence-electron chi connectivity index (χ3n) is 3.23. The molecule has 3 rings (SSSR count). The number of furan rings is 1. The number of hydrogen-bond donors (Lipinski definition) is 1. The fourth-order valence-electron chi connectivity index (χ4n) is 2.27. The Morgan fingerprint density at radius 3 is 3.00 bits per heavy atom. The summed E-state index contributed by atoms with van der Waals surface area (Å²) in [7, 11) is 0. The number of aliphatic hydroxyl groups is 1. The molecule has 1 aliphatic rings. The third-order valence-corrected chi connectivity index (χ3v) is 3.23. The highest BCUT2D eigenvalue weighted by atomic mass is 16.3. The third kappa shape index (κ3) is 1.55. The first-order valence-corrected chi connectivity index (χ1v) is 5.48. The summed E-state index contributed by atoms with van der Waals surface area (Å²) in [5.41, 5.74) is 0.974. The smallest absolute Gasteiger partial charge is 0.134 e. The lowest BCUT2D eigenvalue weighted by molar-refractivity contribution is 0.278. The van der Waals surface area contributed by atoms with Gasteiger partial charge in [-0.15, -0.1) is 0 Å². The number of aliphatic hydroxyl groups excluding tert-OH is 1. The molecule has 0 unspecified atom stereocenters. The molecule has 2 nitrogen and oxygen atoms in total. The maximum Gasteiger partial charge on any atom is 0.134 e. The van der Waals surface area contributed by atoms with Gasteiger partial charge in [-0.25, -0.2) is 0 Å². The first-order valence-electron chi connectivity index (χ1n) is 5.48. The lowest BCUT2D eigenvalue weighted by atomic mass is 10.2. The quantitative estimate of drug-likeness (QED) is 0.830. The highest BCUT2D eigenvalue weighted by Crippen LogP contribution is 2.50. The molecule has 1 aromatic carbocycles. The molecule has 1 saturated carbocycles. The van der Waals surface area contributed by atoms with Crippen LogP contribution in [0.1, 0.15) is 24.5 Å². The van der Waals surface area contributed by atoms with E-state index in [1.165, 1.54) is 11.8 Å². The zero-order chi connectivity index (χ0) is 10.3. The fraction of sp³-hybridized carbons (Fsp3) is 0.385. The van der Waals surface area contributed by atoms with Crippen molar-refractivity contribution in [2.45, 2.75) is 18.8 Å². The highest BCUT2D eigenvalue weighted by Gasteiger charge is 2.39. The van der Waals surface area contributed by atoms with Crippen LogP contribution in [-0.4, -0.2) is 11.7 Å². The van der Waals surface area contributed by atoms with Crippen molar-refractivity contribution in [3.8, 4) is 0 Å². The lowest BCUT2D eigenvalue weighted by Crippen LogP contribution is -1.86. The Hall–Kier alpha value is -1.28. The lowest BCUT2D eigenvalue weighted by Gasteiger charge is -1.92. The summed E-state index contributed by atoms with van der Waals surface area (Å²) in [5.74, 6) is 2.27. The minimum Gasteiger partial charge on any atom is -0.461 e. The molecule has 0 amide bonds. The normalized spacial score (nSPS) is 24.6. The Labute approximate surface area is 88.5 Å². The maximum atomic E-state index is 8.85. The Bertz CT molecular complexity index is 439. The first-order chi connectivity index (χ1) is 7.38. The molecule has 1 heterocycles. The van der Waals surface area contributed by atoms with Crippen LogP contribution in [0, 0.1) is 5.92 Å². The van der Waals surface area contributed by atoms with E-state index in [2.05, 4.69) is 12.1 Å². The Kier molecular flexibility index (Phi) is 2.03. The molecule has 78 valence electrons. The van der Waals surface area contributed by atoms with Gasteiger partial charge in [0.05, 0.1) is 0 Å². The minimum atomic E-state index is 0.293. The first kappa shape index (κ1) is 8.98.